The molecule has 8 nitrogen and oxygen atoms in total. The predicted molar refractivity (Wildman–Crippen MR) is 98.9 cm³/mol. The highest BCUT2D eigenvalue weighted by atomic mass is 32.2. The van der Waals surface area contributed by atoms with Gasteiger partial charge in [0.25, 0.3) is 5.91 Å². The van der Waals surface area contributed by atoms with E-state index >= 15 is 0 Å². The van der Waals surface area contributed by atoms with Crippen molar-refractivity contribution in [3.8, 4) is 5.75 Å². The number of amides is 1. The van der Waals surface area contributed by atoms with Crippen LogP contribution in [0.15, 0.2) is 54.6 Å². The van der Waals surface area contributed by atoms with Crippen molar-refractivity contribution in [3.63, 3.8) is 0 Å². The fraction of sp³-hybridized carbons (Fsp3) is 0.222. The van der Waals surface area contributed by atoms with Crippen LogP contribution in [0.4, 0.5) is 0 Å². The van der Waals surface area contributed by atoms with Gasteiger partial charge in [0.15, 0.2) is 0 Å². The molecule has 2 aromatic rings. The average molecular weight is 392 g/mol. The van der Waals surface area contributed by atoms with Crippen molar-refractivity contribution in [2.24, 2.45) is 0 Å². The van der Waals surface area contributed by atoms with E-state index < -0.39 is 33.7 Å². The summed E-state index contributed by atoms with van der Waals surface area (Å²) < 4.78 is 26.4. The second-order valence-corrected chi connectivity index (χ2v) is 7.69. The topological polar surface area (TPSA) is 133 Å². The monoisotopic (exact) mass is 392 g/mol. The molecule has 2 rings (SSSR count). The summed E-state index contributed by atoms with van der Waals surface area (Å²) in [5.41, 5.74) is 0.957. The smallest absolute Gasteiger partial charge is 0.322 e. The van der Waals surface area contributed by atoms with E-state index in [2.05, 4.69) is 10.0 Å². The van der Waals surface area contributed by atoms with Crippen LogP contribution in [0, 0.1) is 0 Å². The van der Waals surface area contributed by atoms with Crippen LogP contribution in [0.3, 0.4) is 0 Å². The van der Waals surface area contributed by atoms with Crippen LogP contribution in [0.25, 0.3) is 0 Å². The zero-order valence-corrected chi connectivity index (χ0v) is 15.1. The summed E-state index contributed by atoms with van der Waals surface area (Å²) in [7, 11) is -3.93. The molecule has 0 aliphatic heterocycles. The van der Waals surface area contributed by atoms with Gasteiger partial charge in [-0.25, -0.2) is 13.1 Å². The Morgan fingerprint density at radius 3 is 2.22 bits per heavy atom. The molecule has 9 heteroatoms. The molecule has 0 unspecified atom stereocenters. The molecule has 0 radical (unpaired) electrons. The molecule has 0 aliphatic rings. The van der Waals surface area contributed by atoms with E-state index in [0.717, 1.165) is 0 Å². The number of carbonyl (C=O) groups is 2. The maximum Gasteiger partial charge on any atom is 0.322 e. The lowest BCUT2D eigenvalue weighted by atomic mass is 10.1. The number of hydrogen-bond donors (Lipinski definition) is 4. The highest BCUT2D eigenvalue weighted by Crippen LogP contribution is 2.12. The van der Waals surface area contributed by atoms with Crippen molar-refractivity contribution in [2.75, 3.05) is 12.3 Å². The Morgan fingerprint density at radius 2 is 1.63 bits per heavy atom. The van der Waals surface area contributed by atoms with Gasteiger partial charge in [-0.05, 0) is 36.2 Å². The van der Waals surface area contributed by atoms with Crippen LogP contribution in [0.5, 0.6) is 5.75 Å². The van der Waals surface area contributed by atoms with Gasteiger partial charge in [0.2, 0.25) is 10.0 Å². The zero-order chi connectivity index (χ0) is 19.9. The van der Waals surface area contributed by atoms with E-state index in [1.165, 1.54) is 24.3 Å². The molecule has 27 heavy (non-hydrogen) atoms. The first-order chi connectivity index (χ1) is 12.8. The fourth-order valence-electron chi connectivity index (χ4n) is 2.31. The Kier molecular flexibility index (Phi) is 6.91. The molecule has 0 spiro atoms. The molecule has 1 atom stereocenters. The molecule has 0 heterocycles. The number of nitrogens with one attached hydrogen (secondary N) is 2. The lowest BCUT2D eigenvalue weighted by molar-refractivity contribution is -0.138. The third-order valence-corrected chi connectivity index (χ3v) is 5.07. The van der Waals surface area contributed by atoms with Crippen LogP contribution in [-0.2, 0) is 21.2 Å². The molecule has 2 aromatic carbocycles. The number of carbonyl (C=O) groups excluding carboxylic acids is 1. The quantitative estimate of drug-likeness (QED) is 0.497. The number of aliphatic carboxylic acids is 1. The van der Waals surface area contributed by atoms with Crippen molar-refractivity contribution < 1.29 is 28.2 Å². The third-order valence-electron chi connectivity index (χ3n) is 3.69. The molecule has 0 aromatic heterocycles. The zero-order valence-electron chi connectivity index (χ0n) is 14.3. The first-order valence-corrected chi connectivity index (χ1v) is 9.76. The molecular weight excluding hydrogens is 372 g/mol. The standard InChI is InChI=1S/C18H20N2O6S/c21-15-8-6-13(7-9-15)12-16(18(23)24)20-27(25,26)11-10-19-17(22)14-4-2-1-3-5-14/h1-9,16,20-21H,10-12H2,(H,19,22)(H,23,24)/t16-/m0/s1. The van der Waals surface area contributed by atoms with Crippen LogP contribution in [0.2, 0.25) is 0 Å². The average Bonchev–Trinajstić information content (AvgIpc) is 2.63. The van der Waals surface area contributed by atoms with Gasteiger partial charge in [0.05, 0.1) is 5.75 Å². The van der Waals surface area contributed by atoms with Crippen LogP contribution >= 0.6 is 0 Å². The number of carboxylic acid groups (broad SMARTS) is 1. The van der Waals surface area contributed by atoms with E-state index in [0.29, 0.717) is 11.1 Å². The summed E-state index contributed by atoms with van der Waals surface area (Å²) in [6, 6.07) is 12.8. The van der Waals surface area contributed by atoms with Crippen molar-refractivity contribution in [1.29, 1.82) is 0 Å². The maximum absolute atomic E-state index is 12.1. The SMILES string of the molecule is O=C(NCCS(=O)(=O)N[C@@H](Cc1ccc(O)cc1)C(=O)O)c1ccccc1. The summed E-state index contributed by atoms with van der Waals surface area (Å²) in [5, 5.41) is 21.0. The van der Waals surface area contributed by atoms with Gasteiger partial charge in [0, 0.05) is 12.1 Å². The van der Waals surface area contributed by atoms with Crippen molar-refractivity contribution >= 4 is 21.9 Å². The van der Waals surface area contributed by atoms with Gasteiger partial charge in [-0.3, -0.25) is 9.59 Å². The number of phenols is 1. The van der Waals surface area contributed by atoms with Crippen molar-refractivity contribution in [1.82, 2.24) is 10.0 Å². The Bertz CT molecular complexity index is 882. The van der Waals surface area contributed by atoms with Crippen LogP contribution in [-0.4, -0.2) is 48.8 Å². The van der Waals surface area contributed by atoms with E-state index in [1.807, 2.05) is 0 Å². The van der Waals surface area contributed by atoms with Gasteiger partial charge in [-0.2, -0.15) is 0 Å². The minimum absolute atomic E-state index is 0.0281. The molecular formula is C18H20N2O6S. The molecule has 4 N–H and O–H groups in total. The lowest BCUT2D eigenvalue weighted by Crippen LogP contribution is -2.44. The van der Waals surface area contributed by atoms with Gasteiger partial charge >= 0.3 is 5.97 Å². The number of rotatable bonds is 9. The van der Waals surface area contributed by atoms with E-state index in [-0.39, 0.29) is 18.7 Å². The molecule has 0 bridgehead atoms. The summed E-state index contributed by atoms with van der Waals surface area (Å²) in [6.45, 7) is -0.158. The van der Waals surface area contributed by atoms with E-state index in [4.69, 9.17) is 0 Å². The van der Waals surface area contributed by atoms with Crippen LogP contribution in [0.1, 0.15) is 15.9 Å². The van der Waals surface area contributed by atoms with Gasteiger partial charge in [0.1, 0.15) is 11.8 Å². The summed E-state index contributed by atoms with van der Waals surface area (Å²) >= 11 is 0. The Labute approximate surface area is 156 Å². The number of benzene rings is 2. The minimum atomic E-state index is -3.93. The molecule has 0 aliphatic carbocycles. The number of hydrogen-bond acceptors (Lipinski definition) is 5. The summed E-state index contributed by atoms with van der Waals surface area (Å²) in [5.74, 6) is -2.16. The molecule has 0 fully saturated rings. The van der Waals surface area contributed by atoms with E-state index in [1.54, 1.807) is 30.3 Å². The maximum atomic E-state index is 12.1. The van der Waals surface area contributed by atoms with Gasteiger partial charge < -0.3 is 15.5 Å². The Balaban J connectivity index is 1.91. The van der Waals surface area contributed by atoms with Crippen molar-refractivity contribution in [2.45, 2.75) is 12.5 Å². The van der Waals surface area contributed by atoms with Gasteiger partial charge in [-0.15, -0.1) is 0 Å². The molecule has 1 amide bonds. The fourth-order valence-corrected chi connectivity index (χ4v) is 3.42. The highest BCUT2D eigenvalue weighted by molar-refractivity contribution is 7.89. The minimum Gasteiger partial charge on any atom is -0.508 e. The molecule has 0 saturated carbocycles. The molecule has 144 valence electrons. The summed E-state index contributed by atoms with van der Waals surface area (Å²) in [6.07, 6.45) is -0.0782. The largest absolute Gasteiger partial charge is 0.508 e. The Hall–Kier alpha value is -2.91. The summed E-state index contributed by atoms with van der Waals surface area (Å²) in [4.78, 5) is 23.3. The normalized spacial score (nSPS) is 12.3. The lowest BCUT2D eigenvalue weighted by Gasteiger charge is -2.15. The second kappa shape index (κ2) is 9.15. The first-order valence-electron chi connectivity index (χ1n) is 8.11. The first kappa shape index (κ1) is 20.4. The number of aromatic hydroxyl groups is 1. The predicted octanol–water partition coefficient (Wildman–Crippen LogP) is 0.737. The highest BCUT2D eigenvalue weighted by Gasteiger charge is 2.24. The van der Waals surface area contributed by atoms with Gasteiger partial charge in [-0.1, -0.05) is 30.3 Å². The van der Waals surface area contributed by atoms with Crippen molar-refractivity contribution in [3.05, 3.63) is 65.7 Å². The number of carboxylic acids is 1. The third kappa shape index (κ3) is 6.72. The van der Waals surface area contributed by atoms with E-state index in [9.17, 15) is 28.2 Å². The Morgan fingerprint density at radius 1 is 1.00 bits per heavy atom. The number of sulfonamides is 1. The second-order valence-electron chi connectivity index (χ2n) is 5.82. The van der Waals surface area contributed by atoms with Crippen LogP contribution < -0.4 is 10.0 Å². The molecule has 0 saturated heterocycles. The number of phenolic OH excluding ortho intramolecular Hbond substituents is 1.